The Morgan fingerprint density at radius 1 is 1.19 bits per heavy atom. The first kappa shape index (κ1) is 15.9. The van der Waals surface area contributed by atoms with Crippen molar-refractivity contribution in [1.82, 2.24) is 5.32 Å². The van der Waals surface area contributed by atoms with Gasteiger partial charge in [0.05, 0.1) is 0 Å². The lowest BCUT2D eigenvalue weighted by Gasteiger charge is -2.16. The second-order valence-corrected chi connectivity index (χ2v) is 6.03. The van der Waals surface area contributed by atoms with Crippen LogP contribution in [0.4, 0.5) is 13.2 Å². The molecule has 0 saturated carbocycles. The quantitative estimate of drug-likeness (QED) is 0.855. The summed E-state index contributed by atoms with van der Waals surface area (Å²) in [7, 11) is 0. The van der Waals surface area contributed by atoms with Crippen LogP contribution in [0.5, 0.6) is 5.75 Å². The molecular weight excluding hydrogens is 299 g/mol. The van der Waals surface area contributed by atoms with Crippen molar-refractivity contribution in [3.05, 3.63) is 51.7 Å². The van der Waals surface area contributed by atoms with Gasteiger partial charge in [-0.15, -0.1) is 24.5 Å². The van der Waals surface area contributed by atoms with E-state index < -0.39 is 6.36 Å². The van der Waals surface area contributed by atoms with Gasteiger partial charge in [0.25, 0.3) is 0 Å². The SMILES string of the molecule is Cc1ccc(C(C)NCc2ccccc2OC(F)(F)F)s1. The van der Waals surface area contributed by atoms with Crippen molar-refractivity contribution in [2.24, 2.45) is 0 Å². The molecule has 0 spiro atoms. The van der Waals surface area contributed by atoms with Gasteiger partial charge in [-0.2, -0.15) is 0 Å². The molecule has 1 heterocycles. The van der Waals surface area contributed by atoms with Crippen molar-refractivity contribution in [3.63, 3.8) is 0 Å². The van der Waals surface area contributed by atoms with Crippen LogP contribution in [0.1, 0.15) is 28.3 Å². The van der Waals surface area contributed by atoms with E-state index in [1.165, 1.54) is 17.0 Å². The Labute approximate surface area is 125 Å². The van der Waals surface area contributed by atoms with Crippen molar-refractivity contribution in [1.29, 1.82) is 0 Å². The Hall–Kier alpha value is -1.53. The average molecular weight is 315 g/mol. The van der Waals surface area contributed by atoms with Crippen LogP contribution in [-0.2, 0) is 6.54 Å². The molecule has 1 aromatic heterocycles. The van der Waals surface area contributed by atoms with Gasteiger partial charge in [0.1, 0.15) is 5.75 Å². The lowest BCUT2D eigenvalue weighted by molar-refractivity contribution is -0.274. The number of thiophene rings is 1. The van der Waals surface area contributed by atoms with E-state index in [0.717, 1.165) is 4.88 Å². The summed E-state index contributed by atoms with van der Waals surface area (Å²) >= 11 is 1.67. The molecule has 21 heavy (non-hydrogen) atoms. The first-order valence-electron chi connectivity index (χ1n) is 6.48. The maximum Gasteiger partial charge on any atom is 0.573 e. The Balaban J connectivity index is 2.03. The zero-order chi connectivity index (χ0) is 15.5. The number of ether oxygens (including phenoxy) is 1. The van der Waals surface area contributed by atoms with Crippen molar-refractivity contribution in [2.75, 3.05) is 0 Å². The van der Waals surface area contributed by atoms with Crippen LogP contribution in [0.3, 0.4) is 0 Å². The number of nitrogens with one attached hydrogen (secondary N) is 1. The maximum atomic E-state index is 12.3. The van der Waals surface area contributed by atoms with Crippen molar-refractivity contribution in [3.8, 4) is 5.75 Å². The summed E-state index contributed by atoms with van der Waals surface area (Å²) in [4.78, 5) is 2.36. The predicted octanol–water partition coefficient (Wildman–Crippen LogP) is 4.81. The summed E-state index contributed by atoms with van der Waals surface area (Å²) in [6.45, 7) is 4.32. The number of halogens is 3. The summed E-state index contributed by atoms with van der Waals surface area (Å²) in [6, 6.07) is 10.3. The van der Waals surface area contributed by atoms with Gasteiger partial charge in [0, 0.05) is 27.9 Å². The summed E-state index contributed by atoms with van der Waals surface area (Å²) in [5, 5.41) is 3.22. The van der Waals surface area contributed by atoms with Gasteiger partial charge < -0.3 is 10.1 Å². The summed E-state index contributed by atoms with van der Waals surface area (Å²) in [5.41, 5.74) is 0.481. The molecule has 0 radical (unpaired) electrons. The summed E-state index contributed by atoms with van der Waals surface area (Å²) < 4.78 is 41.1. The highest BCUT2D eigenvalue weighted by molar-refractivity contribution is 7.12. The third-order valence-electron chi connectivity index (χ3n) is 2.98. The molecule has 0 fully saturated rings. The molecule has 6 heteroatoms. The fourth-order valence-electron chi connectivity index (χ4n) is 1.92. The highest BCUT2D eigenvalue weighted by Crippen LogP contribution is 2.27. The minimum absolute atomic E-state index is 0.0719. The molecule has 0 aliphatic rings. The first-order chi connectivity index (χ1) is 9.85. The van der Waals surface area contributed by atoms with Crippen LogP contribution < -0.4 is 10.1 Å². The van der Waals surface area contributed by atoms with Crippen LogP contribution in [0.25, 0.3) is 0 Å². The lowest BCUT2D eigenvalue weighted by Crippen LogP contribution is -2.21. The summed E-state index contributed by atoms with van der Waals surface area (Å²) in [6.07, 6.45) is -4.67. The Morgan fingerprint density at radius 3 is 2.52 bits per heavy atom. The van der Waals surface area contributed by atoms with Gasteiger partial charge in [-0.25, -0.2) is 0 Å². The molecular formula is C15H16F3NOS. The molecule has 0 saturated heterocycles. The number of aryl methyl sites for hydroxylation is 1. The number of alkyl halides is 3. The third kappa shape index (κ3) is 4.75. The minimum atomic E-state index is -4.67. The zero-order valence-corrected chi connectivity index (χ0v) is 12.5. The smallest absolute Gasteiger partial charge is 0.405 e. The number of rotatable bonds is 5. The number of hydrogen-bond donors (Lipinski definition) is 1. The molecule has 0 aliphatic heterocycles. The largest absolute Gasteiger partial charge is 0.573 e. The average Bonchev–Trinajstić information content (AvgIpc) is 2.82. The van der Waals surface area contributed by atoms with E-state index in [1.54, 1.807) is 23.5 Å². The van der Waals surface area contributed by atoms with E-state index >= 15 is 0 Å². The van der Waals surface area contributed by atoms with E-state index in [4.69, 9.17) is 0 Å². The van der Waals surface area contributed by atoms with Gasteiger partial charge in [-0.3, -0.25) is 0 Å². The topological polar surface area (TPSA) is 21.3 Å². The maximum absolute atomic E-state index is 12.3. The van der Waals surface area contributed by atoms with Gasteiger partial charge in [0.15, 0.2) is 0 Å². The monoisotopic (exact) mass is 315 g/mol. The molecule has 1 unspecified atom stereocenters. The van der Waals surface area contributed by atoms with Crippen LogP contribution in [-0.4, -0.2) is 6.36 Å². The Bertz CT molecular complexity index is 595. The van der Waals surface area contributed by atoms with Crippen molar-refractivity contribution >= 4 is 11.3 Å². The predicted molar refractivity (Wildman–Crippen MR) is 77.4 cm³/mol. The molecule has 1 aromatic carbocycles. The Morgan fingerprint density at radius 2 is 1.90 bits per heavy atom. The minimum Gasteiger partial charge on any atom is -0.405 e. The molecule has 0 amide bonds. The van der Waals surface area contributed by atoms with Gasteiger partial charge in [-0.1, -0.05) is 18.2 Å². The molecule has 2 nitrogen and oxygen atoms in total. The normalized spacial score (nSPS) is 13.2. The third-order valence-corrected chi connectivity index (χ3v) is 4.17. The van der Waals surface area contributed by atoms with E-state index in [-0.39, 0.29) is 11.8 Å². The number of hydrogen-bond acceptors (Lipinski definition) is 3. The van der Waals surface area contributed by atoms with Crippen molar-refractivity contribution < 1.29 is 17.9 Å². The molecule has 0 aliphatic carbocycles. The highest BCUT2D eigenvalue weighted by atomic mass is 32.1. The fraction of sp³-hybridized carbons (Fsp3) is 0.333. The standard InChI is InChI=1S/C15H16F3NOS/c1-10-7-8-14(21-10)11(2)19-9-12-5-3-4-6-13(12)20-15(16,17)18/h3-8,11,19H,9H2,1-2H3. The molecule has 2 aromatic rings. The van der Waals surface area contributed by atoms with Gasteiger partial charge in [-0.05, 0) is 32.0 Å². The van der Waals surface area contributed by atoms with Gasteiger partial charge >= 0.3 is 6.36 Å². The van der Waals surface area contributed by atoms with E-state index in [2.05, 4.69) is 10.1 Å². The number of para-hydroxylation sites is 1. The van der Waals surface area contributed by atoms with Crippen LogP contribution in [0, 0.1) is 6.92 Å². The fourth-order valence-corrected chi connectivity index (χ4v) is 2.83. The second kappa shape index (κ2) is 6.49. The van der Waals surface area contributed by atoms with E-state index in [9.17, 15) is 13.2 Å². The molecule has 114 valence electrons. The Kier molecular flexibility index (Phi) is 4.90. The zero-order valence-electron chi connectivity index (χ0n) is 11.7. The van der Waals surface area contributed by atoms with Crippen LogP contribution in [0.2, 0.25) is 0 Å². The van der Waals surface area contributed by atoms with Crippen LogP contribution in [0.15, 0.2) is 36.4 Å². The molecule has 1 N–H and O–H groups in total. The van der Waals surface area contributed by atoms with Crippen molar-refractivity contribution in [2.45, 2.75) is 32.8 Å². The molecule has 1 atom stereocenters. The molecule has 2 rings (SSSR count). The summed E-state index contributed by atoms with van der Waals surface area (Å²) in [5.74, 6) is -0.160. The molecule has 0 bridgehead atoms. The highest BCUT2D eigenvalue weighted by Gasteiger charge is 2.31. The van der Waals surface area contributed by atoms with Crippen LogP contribution >= 0.6 is 11.3 Å². The number of benzene rings is 1. The van der Waals surface area contributed by atoms with E-state index in [0.29, 0.717) is 12.1 Å². The second-order valence-electron chi connectivity index (χ2n) is 4.71. The lowest BCUT2D eigenvalue weighted by atomic mass is 10.2. The van der Waals surface area contributed by atoms with Gasteiger partial charge in [0.2, 0.25) is 0 Å². The first-order valence-corrected chi connectivity index (χ1v) is 7.30. The van der Waals surface area contributed by atoms with E-state index in [1.807, 2.05) is 26.0 Å².